The number of imide groups is 1. The van der Waals surface area contributed by atoms with E-state index in [0.29, 0.717) is 0 Å². The van der Waals surface area contributed by atoms with Crippen molar-refractivity contribution in [3.63, 3.8) is 0 Å². The number of nitrogens with zero attached hydrogens (tertiary/aromatic N) is 2. The van der Waals surface area contributed by atoms with E-state index < -0.39 is 55.1 Å². The molecule has 0 aliphatic carbocycles. The molecule has 4 atom stereocenters. The van der Waals surface area contributed by atoms with E-state index in [4.69, 9.17) is 14.2 Å². The van der Waals surface area contributed by atoms with Gasteiger partial charge in [-0.1, -0.05) is 66.7 Å². The summed E-state index contributed by atoms with van der Waals surface area (Å²) in [6.45, 7) is 6.42. The van der Waals surface area contributed by atoms with E-state index in [-0.39, 0.29) is 29.8 Å². The minimum absolute atomic E-state index is 0.169. The molecule has 0 N–H and O–H groups in total. The summed E-state index contributed by atoms with van der Waals surface area (Å²) in [7, 11) is 0. The van der Waals surface area contributed by atoms with Crippen LogP contribution in [0.2, 0.25) is 0 Å². The third kappa shape index (κ3) is 7.41. The summed E-state index contributed by atoms with van der Waals surface area (Å²) in [5.74, 6) is -2.15. The van der Waals surface area contributed by atoms with Crippen molar-refractivity contribution in [3.8, 4) is 0 Å². The molecular weight excluding hydrogens is 555 g/mol. The second kappa shape index (κ2) is 14.7. The van der Waals surface area contributed by atoms with Gasteiger partial charge in [0.1, 0.15) is 12.7 Å². The second-order valence-corrected chi connectivity index (χ2v) is 9.50. The fourth-order valence-electron chi connectivity index (χ4n) is 4.50. The average Bonchev–Trinajstić information content (AvgIpc) is 3.35. The van der Waals surface area contributed by atoms with E-state index in [2.05, 4.69) is 13.2 Å². The van der Waals surface area contributed by atoms with Gasteiger partial charge in [0.2, 0.25) is 0 Å². The number of ether oxygens (including phenoxy) is 3. The molecule has 1 heterocycles. The number of hydrogen-bond donors (Lipinski definition) is 0. The third-order valence-corrected chi connectivity index (χ3v) is 6.59. The minimum Gasteiger partial charge on any atom is -0.459 e. The van der Waals surface area contributed by atoms with Crippen molar-refractivity contribution in [1.82, 2.24) is 9.80 Å². The molecule has 3 aromatic carbocycles. The van der Waals surface area contributed by atoms with Gasteiger partial charge in [-0.3, -0.25) is 14.6 Å². The number of esters is 2. The van der Waals surface area contributed by atoms with Crippen LogP contribution in [-0.4, -0.2) is 78.0 Å². The summed E-state index contributed by atoms with van der Waals surface area (Å²) in [4.78, 5) is 54.5. The highest BCUT2D eigenvalue weighted by atomic mass is 19.1. The number of rotatable bonds is 11. The zero-order valence-electron chi connectivity index (χ0n) is 23.3. The smallest absolute Gasteiger partial charge is 0.338 e. The highest BCUT2D eigenvalue weighted by Gasteiger charge is 2.52. The standard InChI is InChI=1S/C33H31FN2O7/c1-3-20-35(29(37)23-14-8-5-9-15-23)33(40)36(21-4-2)30-27(34)28(43-32(39)25-18-12-7-13-19-25)26(42-30)22-41-31(38)24-16-10-6-11-17-24/h3-19,26-28,30H,1-2,20-22H2/t26-,27+,28-,30?/m1/s1. The van der Waals surface area contributed by atoms with Crippen molar-refractivity contribution in [2.45, 2.75) is 24.6 Å². The van der Waals surface area contributed by atoms with Crippen molar-refractivity contribution in [2.75, 3.05) is 19.7 Å². The lowest BCUT2D eigenvalue weighted by Gasteiger charge is -2.33. The van der Waals surface area contributed by atoms with Gasteiger partial charge in [-0.2, -0.15) is 0 Å². The summed E-state index contributed by atoms with van der Waals surface area (Å²) in [5, 5.41) is 0. The maximum absolute atomic E-state index is 16.2. The van der Waals surface area contributed by atoms with Crippen LogP contribution in [-0.2, 0) is 14.2 Å². The number of alkyl halides is 1. The third-order valence-electron chi connectivity index (χ3n) is 6.59. The Morgan fingerprint density at radius 1 is 0.767 bits per heavy atom. The van der Waals surface area contributed by atoms with Gasteiger partial charge < -0.3 is 14.2 Å². The molecule has 222 valence electrons. The largest absolute Gasteiger partial charge is 0.459 e. The van der Waals surface area contributed by atoms with Crippen LogP contribution < -0.4 is 0 Å². The van der Waals surface area contributed by atoms with E-state index in [1.165, 1.54) is 24.3 Å². The molecule has 3 amide bonds. The highest BCUT2D eigenvalue weighted by molar-refractivity contribution is 6.04. The molecule has 3 aromatic rings. The molecule has 9 nitrogen and oxygen atoms in total. The van der Waals surface area contributed by atoms with E-state index >= 15 is 4.39 Å². The molecule has 4 rings (SSSR count). The Hall–Kier alpha value is -5.09. The van der Waals surface area contributed by atoms with Gasteiger partial charge in [-0.25, -0.2) is 18.8 Å². The van der Waals surface area contributed by atoms with E-state index in [9.17, 15) is 19.2 Å². The van der Waals surface area contributed by atoms with Crippen LogP contribution in [0.5, 0.6) is 0 Å². The predicted molar refractivity (Wildman–Crippen MR) is 156 cm³/mol. The Balaban J connectivity index is 1.60. The first-order valence-corrected chi connectivity index (χ1v) is 13.5. The topological polar surface area (TPSA) is 102 Å². The fourth-order valence-corrected chi connectivity index (χ4v) is 4.50. The Morgan fingerprint density at radius 3 is 1.81 bits per heavy atom. The van der Waals surface area contributed by atoms with Crippen LogP contribution in [0.4, 0.5) is 9.18 Å². The fraction of sp³-hybridized carbons (Fsp3) is 0.212. The number of carbonyl (C=O) groups is 4. The van der Waals surface area contributed by atoms with Crippen LogP contribution in [0.15, 0.2) is 116 Å². The summed E-state index contributed by atoms with van der Waals surface area (Å²) in [6, 6.07) is 23.3. The zero-order valence-corrected chi connectivity index (χ0v) is 23.3. The van der Waals surface area contributed by atoms with Crippen molar-refractivity contribution in [2.24, 2.45) is 0 Å². The van der Waals surface area contributed by atoms with Crippen molar-refractivity contribution >= 4 is 23.9 Å². The van der Waals surface area contributed by atoms with E-state index in [1.807, 2.05) is 0 Å². The minimum atomic E-state index is -2.07. The van der Waals surface area contributed by atoms with Crippen molar-refractivity contribution in [3.05, 3.63) is 133 Å². The van der Waals surface area contributed by atoms with Gasteiger partial charge in [-0.05, 0) is 36.4 Å². The normalized spacial score (nSPS) is 19.1. The molecule has 1 saturated heterocycles. The summed E-state index contributed by atoms with van der Waals surface area (Å²) in [5.41, 5.74) is 0.665. The number of urea groups is 1. The SMILES string of the molecule is C=CCN(C(=O)c1ccccc1)C(=O)N(CC=C)C1O[C@H](COC(=O)c2ccccc2)[C@@H](OC(=O)c2ccccc2)[C@@H]1F. The molecule has 1 aliphatic rings. The molecule has 1 aliphatic heterocycles. The molecular formula is C33H31FN2O7. The highest BCUT2D eigenvalue weighted by Crippen LogP contribution is 2.31. The Morgan fingerprint density at radius 2 is 1.28 bits per heavy atom. The van der Waals surface area contributed by atoms with Gasteiger partial charge in [0.05, 0.1) is 11.1 Å². The Bertz CT molecular complexity index is 1440. The van der Waals surface area contributed by atoms with Gasteiger partial charge >= 0.3 is 18.0 Å². The molecule has 43 heavy (non-hydrogen) atoms. The van der Waals surface area contributed by atoms with Crippen LogP contribution >= 0.6 is 0 Å². The number of hydrogen-bond acceptors (Lipinski definition) is 7. The summed E-state index contributed by atoms with van der Waals surface area (Å²) >= 11 is 0. The predicted octanol–water partition coefficient (Wildman–Crippen LogP) is 5.07. The summed E-state index contributed by atoms with van der Waals surface area (Å²) in [6.07, 6.45) is -3.81. The van der Waals surface area contributed by atoms with E-state index in [1.54, 1.807) is 78.9 Å². The van der Waals surface area contributed by atoms with Gasteiger partial charge in [-0.15, -0.1) is 13.2 Å². The van der Waals surface area contributed by atoms with Gasteiger partial charge in [0.15, 0.2) is 18.5 Å². The van der Waals surface area contributed by atoms with Crippen LogP contribution in [0, 0.1) is 0 Å². The first kappa shape index (κ1) is 30.9. The Labute approximate surface area is 248 Å². The molecule has 0 spiro atoms. The maximum Gasteiger partial charge on any atom is 0.338 e. The van der Waals surface area contributed by atoms with E-state index in [0.717, 1.165) is 9.80 Å². The molecule has 0 saturated carbocycles. The lowest BCUT2D eigenvalue weighted by atomic mass is 10.1. The first-order valence-electron chi connectivity index (χ1n) is 13.5. The van der Waals surface area contributed by atoms with Crippen LogP contribution in [0.1, 0.15) is 31.1 Å². The van der Waals surface area contributed by atoms with Gasteiger partial charge in [0.25, 0.3) is 5.91 Å². The molecule has 1 fully saturated rings. The number of benzene rings is 3. The first-order chi connectivity index (χ1) is 20.8. The molecule has 1 unspecified atom stereocenters. The maximum atomic E-state index is 16.2. The number of halogens is 1. The zero-order chi connectivity index (χ0) is 30.8. The van der Waals surface area contributed by atoms with Crippen LogP contribution in [0.25, 0.3) is 0 Å². The second-order valence-electron chi connectivity index (χ2n) is 9.50. The van der Waals surface area contributed by atoms with Crippen LogP contribution in [0.3, 0.4) is 0 Å². The lowest BCUT2D eigenvalue weighted by molar-refractivity contribution is -0.0754. The van der Waals surface area contributed by atoms with Crippen molar-refractivity contribution in [1.29, 1.82) is 0 Å². The molecule has 10 heteroatoms. The van der Waals surface area contributed by atoms with Crippen molar-refractivity contribution < 1.29 is 37.8 Å². The lowest BCUT2D eigenvalue weighted by Crippen LogP contribution is -2.53. The molecule has 0 radical (unpaired) electrons. The monoisotopic (exact) mass is 586 g/mol. The van der Waals surface area contributed by atoms with Gasteiger partial charge in [0, 0.05) is 18.7 Å². The number of amides is 3. The average molecular weight is 587 g/mol. The molecule has 0 aromatic heterocycles. The number of carbonyl (C=O) groups excluding carboxylic acids is 4. The summed E-state index contributed by atoms with van der Waals surface area (Å²) < 4.78 is 33.1. The Kier molecular flexibility index (Phi) is 10.5. The molecule has 0 bridgehead atoms. The quantitative estimate of drug-likeness (QED) is 0.228.